The molecule has 34 heavy (non-hydrogen) atoms. The van der Waals surface area contributed by atoms with Crippen molar-refractivity contribution in [1.29, 1.82) is 0 Å². The van der Waals surface area contributed by atoms with E-state index < -0.39 is 0 Å². The van der Waals surface area contributed by atoms with Crippen molar-refractivity contribution < 1.29 is 14.0 Å². The minimum absolute atomic E-state index is 0.0990. The number of hydrogen-bond acceptors (Lipinski definition) is 7. The van der Waals surface area contributed by atoms with Crippen molar-refractivity contribution in [3.8, 4) is 10.4 Å². The van der Waals surface area contributed by atoms with Crippen molar-refractivity contribution in [3.05, 3.63) is 70.2 Å². The number of carbonyl (C=O) groups is 2. The third-order valence-corrected chi connectivity index (χ3v) is 7.92. The van der Waals surface area contributed by atoms with Gasteiger partial charge in [-0.2, -0.15) is 0 Å². The van der Waals surface area contributed by atoms with E-state index in [1.807, 2.05) is 43.0 Å². The van der Waals surface area contributed by atoms with Crippen LogP contribution in [0, 0.1) is 20.8 Å². The number of aromatic nitrogens is 2. The topological polar surface area (TPSA) is 88.3 Å². The summed E-state index contributed by atoms with van der Waals surface area (Å²) in [5.74, 6) is 0.984. The number of nitrogens with zero attached hydrogens (tertiary/aromatic N) is 3. The lowest BCUT2D eigenvalue weighted by Crippen LogP contribution is -2.42. The lowest BCUT2D eigenvalue weighted by atomic mass is 10.1. The van der Waals surface area contributed by atoms with E-state index in [4.69, 9.17) is 4.42 Å². The van der Waals surface area contributed by atoms with Gasteiger partial charge in [0.1, 0.15) is 11.2 Å². The Morgan fingerprint density at radius 1 is 1.15 bits per heavy atom. The van der Waals surface area contributed by atoms with Gasteiger partial charge in [-0.05, 0) is 31.5 Å². The number of benzene rings is 2. The summed E-state index contributed by atoms with van der Waals surface area (Å²) in [4.78, 5) is 38.1. The quantitative estimate of drug-likeness (QED) is 0.430. The molecule has 0 aliphatic carbocycles. The highest BCUT2D eigenvalue weighted by Crippen LogP contribution is 2.34. The number of hydrogen-bond donors (Lipinski definition) is 1. The van der Waals surface area contributed by atoms with E-state index in [0.29, 0.717) is 41.3 Å². The van der Waals surface area contributed by atoms with Crippen molar-refractivity contribution in [2.45, 2.75) is 26.1 Å². The molecule has 1 aliphatic heterocycles. The summed E-state index contributed by atoms with van der Waals surface area (Å²) in [5, 5.41) is 3.66. The predicted molar refractivity (Wildman–Crippen MR) is 135 cm³/mol. The van der Waals surface area contributed by atoms with Crippen molar-refractivity contribution >= 4 is 46.0 Å². The molecule has 1 aliphatic rings. The van der Waals surface area contributed by atoms with E-state index in [1.54, 1.807) is 30.8 Å². The van der Waals surface area contributed by atoms with E-state index in [2.05, 4.69) is 21.4 Å². The SMILES string of the molecule is Cc1cccc(-c2sc(C)nc2C(=O)N2CCSC2CNC(=O)c2cccc3nc(C)oc23)c1. The Kier molecular flexibility index (Phi) is 6.14. The first kappa shape index (κ1) is 22.6. The summed E-state index contributed by atoms with van der Waals surface area (Å²) < 4.78 is 5.63. The normalized spacial score (nSPS) is 15.7. The number of rotatable bonds is 5. The van der Waals surface area contributed by atoms with E-state index in [-0.39, 0.29) is 17.2 Å². The molecule has 2 aromatic heterocycles. The zero-order valence-electron chi connectivity index (χ0n) is 19.1. The summed E-state index contributed by atoms with van der Waals surface area (Å²) in [6.07, 6.45) is 0. The van der Waals surface area contributed by atoms with Crippen LogP contribution < -0.4 is 5.32 Å². The molecule has 1 N–H and O–H groups in total. The number of thioether (sulfide) groups is 1. The fraction of sp³-hybridized carbons (Fsp3) is 0.280. The van der Waals surface area contributed by atoms with Gasteiger partial charge < -0.3 is 14.6 Å². The summed E-state index contributed by atoms with van der Waals surface area (Å²) in [6.45, 7) is 6.66. The zero-order valence-corrected chi connectivity index (χ0v) is 20.8. The fourth-order valence-electron chi connectivity index (χ4n) is 4.13. The van der Waals surface area contributed by atoms with Gasteiger partial charge >= 0.3 is 0 Å². The van der Waals surface area contributed by atoms with Crippen molar-refractivity contribution in [3.63, 3.8) is 0 Å². The molecule has 174 valence electrons. The number of carbonyl (C=O) groups excluding carboxylic acids is 2. The Hall–Kier alpha value is -3.17. The molecule has 7 nitrogen and oxygen atoms in total. The van der Waals surface area contributed by atoms with Crippen molar-refractivity contribution in [2.24, 2.45) is 0 Å². The first-order valence-electron chi connectivity index (χ1n) is 11.0. The Labute approximate surface area is 205 Å². The maximum absolute atomic E-state index is 13.6. The predicted octanol–water partition coefficient (Wildman–Crippen LogP) is 4.82. The van der Waals surface area contributed by atoms with Crippen LogP contribution in [-0.4, -0.2) is 50.9 Å². The second-order valence-corrected chi connectivity index (χ2v) is 10.7. The van der Waals surface area contributed by atoms with Crippen LogP contribution in [0.3, 0.4) is 0 Å². The van der Waals surface area contributed by atoms with Gasteiger partial charge in [-0.3, -0.25) is 9.59 Å². The molecule has 3 heterocycles. The number of oxazole rings is 1. The molecule has 2 amide bonds. The summed E-state index contributed by atoms with van der Waals surface area (Å²) >= 11 is 3.19. The molecule has 4 aromatic rings. The molecule has 0 bridgehead atoms. The lowest BCUT2D eigenvalue weighted by molar-refractivity contribution is 0.0747. The molecule has 5 rings (SSSR count). The highest BCUT2D eigenvalue weighted by atomic mass is 32.2. The van der Waals surface area contributed by atoms with Crippen LogP contribution in [0.2, 0.25) is 0 Å². The number of thiazole rings is 1. The third kappa shape index (κ3) is 4.33. The van der Waals surface area contributed by atoms with Crippen LogP contribution in [0.4, 0.5) is 0 Å². The highest BCUT2D eigenvalue weighted by Gasteiger charge is 2.33. The van der Waals surface area contributed by atoms with Crippen LogP contribution in [-0.2, 0) is 0 Å². The third-order valence-electron chi connectivity index (χ3n) is 5.67. The van der Waals surface area contributed by atoms with Gasteiger partial charge in [0.25, 0.3) is 11.8 Å². The Bertz CT molecular complexity index is 1390. The van der Waals surface area contributed by atoms with Gasteiger partial charge in [0.15, 0.2) is 11.5 Å². The maximum Gasteiger partial charge on any atom is 0.274 e. The molecule has 9 heteroatoms. The average Bonchev–Trinajstić information content (AvgIpc) is 3.53. The summed E-state index contributed by atoms with van der Waals surface area (Å²) in [6, 6.07) is 13.4. The van der Waals surface area contributed by atoms with Gasteiger partial charge in [0.2, 0.25) is 0 Å². The minimum atomic E-state index is -0.244. The maximum atomic E-state index is 13.6. The first-order valence-corrected chi connectivity index (χ1v) is 12.9. The smallest absolute Gasteiger partial charge is 0.274 e. The molecular weight excluding hydrogens is 468 g/mol. The van der Waals surface area contributed by atoms with Crippen molar-refractivity contribution in [2.75, 3.05) is 18.8 Å². The Morgan fingerprint density at radius 3 is 2.79 bits per heavy atom. The number of fused-ring (bicyclic) bond motifs is 1. The van der Waals surface area contributed by atoms with E-state index >= 15 is 0 Å². The first-order chi connectivity index (χ1) is 16.4. The molecule has 0 saturated carbocycles. The largest absolute Gasteiger partial charge is 0.440 e. The molecule has 1 fully saturated rings. The molecule has 1 saturated heterocycles. The number of amides is 2. The molecule has 0 spiro atoms. The molecule has 1 unspecified atom stereocenters. The standard InChI is InChI=1S/C25H24N4O3S2/c1-14-6-4-7-17(12-14)23-21(28-16(3)34-23)25(31)29-10-11-33-20(29)13-26-24(30)18-8-5-9-19-22(18)32-15(2)27-19/h4-9,12,20H,10-11,13H2,1-3H3,(H,26,30). The number of aryl methyl sites for hydroxylation is 3. The summed E-state index contributed by atoms with van der Waals surface area (Å²) in [7, 11) is 0. The molecule has 0 radical (unpaired) electrons. The second-order valence-electron chi connectivity index (χ2n) is 8.20. The van der Waals surface area contributed by atoms with Crippen LogP contribution in [0.1, 0.15) is 37.3 Å². The zero-order chi connectivity index (χ0) is 23.8. The Morgan fingerprint density at radius 2 is 1.97 bits per heavy atom. The van der Waals surface area contributed by atoms with Gasteiger partial charge in [0.05, 0.1) is 20.8 Å². The Balaban J connectivity index is 1.34. The van der Waals surface area contributed by atoms with E-state index in [1.165, 1.54) is 11.3 Å². The van der Waals surface area contributed by atoms with Gasteiger partial charge in [-0.25, -0.2) is 9.97 Å². The van der Waals surface area contributed by atoms with Crippen molar-refractivity contribution in [1.82, 2.24) is 20.2 Å². The lowest BCUT2D eigenvalue weighted by Gasteiger charge is -2.23. The van der Waals surface area contributed by atoms with Crippen LogP contribution in [0.15, 0.2) is 46.9 Å². The van der Waals surface area contributed by atoms with Gasteiger partial charge in [-0.1, -0.05) is 35.9 Å². The molecular formula is C25H24N4O3S2. The van der Waals surface area contributed by atoms with Gasteiger partial charge in [-0.15, -0.1) is 23.1 Å². The van der Waals surface area contributed by atoms with E-state index in [0.717, 1.165) is 26.8 Å². The second kappa shape index (κ2) is 9.23. The van der Waals surface area contributed by atoms with E-state index in [9.17, 15) is 9.59 Å². The summed E-state index contributed by atoms with van der Waals surface area (Å²) in [5.41, 5.74) is 4.19. The number of nitrogens with one attached hydrogen (secondary N) is 1. The molecule has 2 aromatic carbocycles. The van der Waals surface area contributed by atoms with Crippen LogP contribution in [0.5, 0.6) is 0 Å². The minimum Gasteiger partial charge on any atom is -0.440 e. The average molecular weight is 493 g/mol. The molecule has 1 atom stereocenters. The van der Waals surface area contributed by atoms with Crippen LogP contribution in [0.25, 0.3) is 21.5 Å². The highest BCUT2D eigenvalue weighted by molar-refractivity contribution is 8.00. The van der Waals surface area contributed by atoms with Crippen LogP contribution >= 0.6 is 23.1 Å². The number of para-hydroxylation sites is 1. The fourth-order valence-corrected chi connectivity index (χ4v) is 6.19. The van der Waals surface area contributed by atoms with Gasteiger partial charge in [0, 0.05) is 25.8 Å². The monoisotopic (exact) mass is 492 g/mol.